The van der Waals surface area contributed by atoms with E-state index in [1.165, 1.54) is 18.9 Å². The van der Waals surface area contributed by atoms with E-state index in [1.54, 1.807) is 60.7 Å². The Morgan fingerprint density at radius 2 is 1.62 bits per heavy atom. The molecule has 4 atom stereocenters. The predicted octanol–water partition coefficient (Wildman–Crippen LogP) is 3.84. The van der Waals surface area contributed by atoms with Crippen LogP contribution in [-0.2, 0) is 14.2 Å². The number of hydrogen-bond donors (Lipinski definition) is 0. The summed E-state index contributed by atoms with van der Waals surface area (Å²) in [6, 6.07) is 16.3. The minimum Gasteiger partial charge on any atom is -0.461 e. The maximum Gasteiger partial charge on any atom is 0.338 e. The first-order valence-corrected chi connectivity index (χ1v) is 9.79. The molecule has 0 spiro atoms. The Bertz CT molecular complexity index is 890. The van der Waals surface area contributed by atoms with Gasteiger partial charge >= 0.3 is 11.9 Å². The summed E-state index contributed by atoms with van der Waals surface area (Å²) in [5.41, 5.74) is 9.19. The quantitative estimate of drug-likeness (QED) is 0.295. The Morgan fingerprint density at radius 1 is 1.03 bits per heavy atom. The van der Waals surface area contributed by atoms with Crippen molar-refractivity contribution >= 4 is 23.7 Å². The lowest BCUT2D eigenvalue weighted by molar-refractivity contribution is 0.00918. The normalized spacial score (nSPS) is 23.1. The summed E-state index contributed by atoms with van der Waals surface area (Å²) < 4.78 is 16.4. The smallest absolute Gasteiger partial charge is 0.338 e. The van der Waals surface area contributed by atoms with E-state index in [0.29, 0.717) is 11.1 Å². The Kier molecular flexibility index (Phi) is 7.13. The third-order valence-electron chi connectivity index (χ3n) is 4.35. The molecule has 3 rings (SSSR count). The molecular formula is C20H19N3O5S. The molecule has 8 nitrogen and oxygen atoms in total. The third kappa shape index (κ3) is 5.08. The number of thioether (sulfide) groups is 1. The number of azide groups is 1. The SMILES string of the molecule is COC1S[C@H](COC(=O)c2ccccc2)[C@@H](OC(=O)c2ccccc2)[C@@H]1N=[N+]=[N-]. The highest BCUT2D eigenvalue weighted by Gasteiger charge is 2.47. The summed E-state index contributed by atoms with van der Waals surface area (Å²) in [7, 11) is 1.48. The maximum atomic E-state index is 12.5. The lowest BCUT2D eigenvalue weighted by Gasteiger charge is -2.22. The molecule has 1 heterocycles. The molecule has 1 aliphatic rings. The summed E-state index contributed by atoms with van der Waals surface area (Å²) in [5, 5.41) is 3.31. The van der Waals surface area contributed by atoms with E-state index in [9.17, 15) is 9.59 Å². The lowest BCUT2D eigenvalue weighted by Crippen LogP contribution is -2.38. The van der Waals surface area contributed by atoms with Gasteiger partial charge in [0.1, 0.15) is 24.2 Å². The molecule has 2 aromatic carbocycles. The van der Waals surface area contributed by atoms with Crippen LogP contribution in [0.3, 0.4) is 0 Å². The molecule has 9 heteroatoms. The summed E-state index contributed by atoms with van der Waals surface area (Å²) >= 11 is 1.30. The molecule has 1 fully saturated rings. The van der Waals surface area contributed by atoms with Crippen LogP contribution >= 0.6 is 11.8 Å². The summed E-state index contributed by atoms with van der Waals surface area (Å²) in [5.74, 6) is -1.04. The molecule has 0 saturated carbocycles. The second-order valence-electron chi connectivity index (χ2n) is 6.17. The summed E-state index contributed by atoms with van der Waals surface area (Å²) in [6.45, 7) is -0.0254. The molecule has 0 radical (unpaired) electrons. The van der Waals surface area contributed by atoms with E-state index in [-0.39, 0.29) is 6.61 Å². The molecule has 0 amide bonds. The van der Waals surface area contributed by atoms with Crippen molar-refractivity contribution in [2.24, 2.45) is 5.11 Å². The van der Waals surface area contributed by atoms with Crippen LogP contribution in [0, 0.1) is 0 Å². The van der Waals surface area contributed by atoms with Gasteiger partial charge in [0.2, 0.25) is 0 Å². The van der Waals surface area contributed by atoms with Gasteiger partial charge in [0.15, 0.2) is 0 Å². The van der Waals surface area contributed by atoms with Crippen molar-refractivity contribution in [3.05, 3.63) is 82.2 Å². The lowest BCUT2D eigenvalue weighted by atomic mass is 10.1. The van der Waals surface area contributed by atoms with Gasteiger partial charge in [-0.3, -0.25) is 0 Å². The minimum atomic E-state index is -0.808. The van der Waals surface area contributed by atoms with Crippen LogP contribution in [-0.4, -0.2) is 48.5 Å². The fraction of sp³-hybridized carbons (Fsp3) is 0.300. The summed E-state index contributed by atoms with van der Waals surface area (Å²) in [6.07, 6.45) is -0.808. The van der Waals surface area contributed by atoms with Crippen LogP contribution in [0.5, 0.6) is 0 Å². The second kappa shape index (κ2) is 9.97. The van der Waals surface area contributed by atoms with Gasteiger partial charge in [-0.2, -0.15) is 0 Å². The number of rotatable bonds is 7. The molecule has 0 N–H and O–H groups in total. The first kappa shape index (κ1) is 20.7. The number of carbonyl (C=O) groups excluding carboxylic acids is 2. The number of carbonyl (C=O) groups is 2. The van der Waals surface area contributed by atoms with Crippen LogP contribution < -0.4 is 0 Å². The maximum absolute atomic E-state index is 12.5. The zero-order valence-electron chi connectivity index (χ0n) is 15.6. The van der Waals surface area contributed by atoms with E-state index in [1.807, 2.05) is 0 Å². The fourth-order valence-corrected chi connectivity index (χ4v) is 4.28. The van der Waals surface area contributed by atoms with Gasteiger partial charge < -0.3 is 14.2 Å². The van der Waals surface area contributed by atoms with Gasteiger partial charge in [-0.25, -0.2) is 9.59 Å². The van der Waals surface area contributed by atoms with Gasteiger partial charge in [0, 0.05) is 12.0 Å². The van der Waals surface area contributed by atoms with Crippen molar-refractivity contribution in [2.75, 3.05) is 13.7 Å². The fourth-order valence-electron chi connectivity index (χ4n) is 2.94. The number of benzene rings is 2. The topological polar surface area (TPSA) is 111 Å². The largest absolute Gasteiger partial charge is 0.461 e. The van der Waals surface area contributed by atoms with Crippen molar-refractivity contribution in [3.63, 3.8) is 0 Å². The van der Waals surface area contributed by atoms with E-state index in [2.05, 4.69) is 10.0 Å². The van der Waals surface area contributed by atoms with E-state index < -0.39 is 34.8 Å². The van der Waals surface area contributed by atoms with Crippen LogP contribution in [0.4, 0.5) is 0 Å². The molecule has 1 saturated heterocycles. The summed E-state index contributed by atoms with van der Waals surface area (Å²) in [4.78, 5) is 27.6. The van der Waals surface area contributed by atoms with Gasteiger partial charge in [-0.15, -0.1) is 11.8 Å². The van der Waals surface area contributed by atoms with E-state index >= 15 is 0 Å². The number of methoxy groups -OCH3 is 1. The number of ether oxygens (including phenoxy) is 3. The van der Waals surface area contributed by atoms with Gasteiger partial charge in [-0.1, -0.05) is 41.5 Å². The molecular weight excluding hydrogens is 394 g/mol. The Labute approximate surface area is 171 Å². The Morgan fingerprint density at radius 3 is 2.17 bits per heavy atom. The van der Waals surface area contributed by atoms with Crippen molar-refractivity contribution < 1.29 is 23.8 Å². The highest BCUT2D eigenvalue weighted by Crippen LogP contribution is 2.39. The predicted molar refractivity (Wildman–Crippen MR) is 107 cm³/mol. The first-order chi connectivity index (χ1) is 14.1. The highest BCUT2D eigenvalue weighted by atomic mass is 32.2. The molecule has 2 aromatic rings. The van der Waals surface area contributed by atoms with Crippen LogP contribution in [0.15, 0.2) is 65.8 Å². The van der Waals surface area contributed by atoms with E-state index in [4.69, 9.17) is 19.7 Å². The number of hydrogen-bond acceptors (Lipinski definition) is 7. The van der Waals surface area contributed by atoms with Crippen LogP contribution in [0.1, 0.15) is 20.7 Å². The molecule has 0 aliphatic carbocycles. The van der Waals surface area contributed by atoms with Crippen LogP contribution in [0.25, 0.3) is 10.4 Å². The van der Waals surface area contributed by atoms with Crippen LogP contribution in [0.2, 0.25) is 0 Å². The van der Waals surface area contributed by atoms with Crippen molar-refractivity contribution in [1.82, 2.24) is 0 Å². The van der Waals surface area contributed by atoms with Gasteiger partial charge in [0.25, 0.3) is 0 Å². The molecule has 150 valence electrons. The number of nitrogens with zero attached hydrogens (tertiary/aromatic N) is 3. The molecule has 0 aromatic heterocycles. The molecule has 1 aliphatic heterocycles. The Balaban J connectivity index is 1.74. The zero-order valence-corrected chi connectivity index (χ0v) is 16.4. The van der Waals surface area contributed by atoms with Crippen molar-refractivity contribution in [1.29, 1.82) is 0 Å². The average molecular weight is 413 g/mol. The number of esters is 2. The molecule has 29 heavy (non-hydrogen) atoms. The zero-order chi connectivity index (χ0) is 20.6. The standard InChI is InChI=1S/C20H19N3O5S/c1-26-20-16(22-23-21)17(28-19(25)14-10-6-3-7-11-14)15(29-20)12-27-18(24)13-8-4-2-5-9-13/h2-11,15-17,20H,12H2,1H3/t15-,16+,17-,20?/m1/s1. The third-order valence-corrected chi connectivity index (χ3v) is 5.84. The highest BCUT2D eigenvalue weighted by molar-refractivity contribution is 8.00. The second-order valence-corrected chi connectivity index (χ2v) is 7.52. The van der Waals surface area contributed by atoms with Gasteiger partial charge in [-0.05, 0) is 29.8 Å². The monoisotopic (exact) mass is 413 g/mol. The molecule has 0 bridgehead atoms. The molecule has 1 unspecified atom stereocenters. The van der Waals surface area contributed by atoms with Gasteiger partial charge in [0.05, 0.1) is 16.4 Å². The minimum absolute atomic E-state index is 0.0254. The Hall–Kier alpha value is -3.00. The van der Waals surface area contributed by atoms with Crippen molar-refractivity contribution in [2.45, 2.75) is 22.8 Å². The van der Waals surface area contributed by atoms with E-state index in [0.717, 1.165) is 0 Å². The average Bonchev–Trinajstić information content (AvgIpc) is 3.09. The first-order valence-electron chi connectivity index (χ1n) is 8.84. The van der Waals surface area contributed by atoms with Crippen molar-refractivity contribution in [3.8, 4) is 0 Å².